The molecule has 0 N–H and O–H groups in total. The van der Waals surface area contributed by atoms with Crippen molar-refractivity contribution in [2.24, 2.45) is 0 Å². The third-order valence-electron chi connectivity index (χ3n) is 2.22. The smallest absolute Gasteiger partial charge is 0.415 e. The van der Waals surface area contributed by atoms with Crippen LogP contribution in [0.3, 0.4) is 0 Å². The van der Waals surface area contributed by atoms with Crippen LogP contribution >= 0.6 is 15.9 Å². The van der Waals surface area contributed by atoms with Crippen LogP contribution in [0.15, 0.2) is 16.6 Å². The van der Waals surface area contributed by atoms with Gasteiger partial charge < -0.3 is 9.47 Å². The number of rotatable bonds is 2. The molecule has 0 unspecified atom stereocenters. The van der Waals surface area contributed by atoms with Crippen LogP contribution in [0.5, 0.6) is 0 Å². The summed E-state index contributed by atoms with van der Waals surface area (Å²) in [4.78, 5) is 28.8. The largest absolute Gasteiger partial charge is 0.464 e. The highest BCUT2D eigenvalue weighted by Gasteiger charge is 2.22. The van der Waals surface area contributed by atoms with Crippen LogP contribution in [0.2, 0.25) is 0 Å². The zero-order valence-electron chi connectivity index (χ0n) is 12.1. The van der Waals surface area contributed by atoms with E-state index in [0.717, 1.165) is 0 Å². The highest BCUT2D eigenvalue weighted by Crippen LogP contribution is 2.21. The van der Waals surface area contributed by atoms with Crippen molar-refractivity contribution in [3.8, 4) is 0 Å². The Kier molecular flexibility index (Phi) is 5.10. The molecule has 0 saturated carbocycles. The van der Waals surface area contributed by atoms with Gasteiger partial charge in [0.15, 0.2) is 5.69 Å². The predicted molar refractivity (Wildman–Crippen MR) is 77.9 cm³/mol. The van der Waals surface area contributed by atoms with Gasteiger partial charge in [-0.1, -0.05) is 0 Å². The normalized spacial score (nSPS) is 10.9. The van der Waals surface area contributed by atoms with Crippen LogP contribution in [0.1, 0.15) is 31.3 Å². The first-order chi connectivity index (χ1) is 9.15. The molecule has 110 valence electrons. The van der Waals surface area contributed by atoms with E-state index in [4.69, 9.17) is 4.74 Å². The van der Waals surface area contributed by atoms with Crippen LogP contribution < -0.4 is 4.90 Å². The number of esters is 1. The van der Waals surface area contributed by atoms with Crippen molar-refractivity contribution in [2.75, 3.05) is 19.1 Å². The first-order valence-electron chi connectivity index (χ1n) is 5.87. The Morgan fingerprint density at radius 3 is 2.40 bits per heavy atom. The molecule has 0 atom stereocenters. The van der Waals surface area contributed by atoms with E-state index < -0.39 is 17.7 Å². The zero-order chi connectivity index (χ0) is 15.5. The SMILES string of the molecule is COC(=O)c1nc(N(C)C(=O)OC(C)(C)C)ccc1Br. The topological polar surface area (TPSA) is 68.7 Å². The Morgan fingerprint density at radius 2 is 1.90 bits per heavy atom. The molecule has 1 aromatic heterocycles. The molecule has 20 heavy (non-hydrogen) atoms. The number of amides is 1. The molecule has 0 bridgehead atoms. The number of hydrogen-bond donors (Lipinski definition) is 0. The minimum Gasteiger partial charge on any atom is -0.464 e. The Morgan fingerprint density at radius 1 is 1.30 bits per heavy atom. The van der Waals surface area contributed by atoms with Gasteiger partial charge in [0.25, 0.3) is 0 Å². The molecule has 0 aromatic carbocycles. The summed E-state index contributed by atoms with van der Waals surface area (Å²) in [5, 5.41) is 0. The molecule has 1 heterocycles. The van der Waals surface area contributed by atoms with Gasteiger partial charge in [-0.3, -0.25) is 4.90 Å². The number of anilines is 1. The molecular weight excluding hydrogens is 328 g/mol. The van der Waals surface area contributed by atoms with Crippen LogP contribution in [0.4, 0.5) is 10.6 Å². The fourth-order valence-electron chi connectivity index (χ4n) is 1.28. The number of methoxy groups -OCH3 is 1. The van der Waals surface area contributed by atoms with E-state index in [2.05, 4.69) is 25.7 Å². The quantitative estimate of drug-likeness (QED) is 0.771. The van der Waals surface area contributed by atoms with Crippen LogP contribution in [-0.4, -0.2) is 36.8 Å². The average molecular weight is 345 g/mol. The lowest BCUT2D eigenvalue weighted by Gasteiger charge is -2.24. The second-order valence-electron chi connectivity index (χ2n) is 5.03. The van der Waals surface area contributed by atoms with Crippen molar-refractivity contribution in [1.82, 2.24) is 4.98 Å². The van der Waals surface area contributed by atoms with Crippen molar-refractivity contribution in [1.29, 1.82) is 0 Å². The Bertz CT molecular complexity index is 526. The van der Waals surface area contributed by atoms with Gasteiger partial charge in [-0.15, -0.1) is 0 Å². The first-order valence-corrected chi connectivity index (χ1v) is 6.66. The molecule has 0 saturated heterocycles. The lowest BCUT2D eigenvalue weighted by molar-refractivity contribution is 0.0573. The molecule has 0 aliphatic rings. The van der Waals surface area contributed by atoms with E-state index in [1.54, 1.807) is 32.9 Å². The van der Waals surface area contributed by atoms with Gasteiger partial charge in [-0.25, -0.2) is 14.6 Å². The number of hydrogen-bond acceptors (Lipinski definition) is 5. The van der Waals surface area contributed by atoms with Gasteiger partial charge in [0, 0.05) is 7.05 Å². The molecule has 1 rings (SSSR count). The van der Waals surface area contributed by atoms with E-state index in [1.807, 2.05) is 0 Å². The van der Waals surface area contributed by atoms with Crippen molar-refractivity contribution in [3.63, 3.8) is 0 Å². The zero-order valence-corrected chi connectivity index (χ0v) is 13.6. The maximum absolute atomic E-state index is 11.9. The molecule has 0 radical (unpaired) electrons. The highest BCUT2D eigenvalue weighted by atomic mass is 79.9. The summed E-state index contributed by atoms with van der Waals surface area (Å²) in [5.74, 6) is -0.292. The Balaban J connectivity index is 3.02. The summed E-state index contributed by atoms with van der Waals surface area (Å²) >= 11 is 3.21. The van der Waals surface area contributed by atoms with Crippen molar-refractivity contribution >= 4 is 33.8 Å². The number of nitrogens with zero attached hydrogens (tertiary/aromatic N) is 2. The van der Waals surface area contributed by atoms with Gasteiger partial charge in [0.1, 0.15) is 11.4 Å². The summed E-state index contributed by atoms with van der Waals surface area (Å²) < 4.78 is 10.3. The van der Waals surface area contributed by atoms with Crippen molar-refractivity contribution in [2.45, 2.75) is 26.4 Å². The average Bonchev–Trinajstić information content (AvgIpc) is 2.35. The lowest BCUT2D eigenvalue weighted by atomic mass is 10.2. The molecule has 0 spiro atoms. The van der Waals surface area contributed by atoms with E-state index in [0.29, 0.717) is 10.3 Å². The first kappa shape index (κ1) is 16.4. The van der Waals surface area contributed by atoms with Crippen LogP contribution in [0, 0.1) is 0 Å². The molecule has 1 aromatic rings. The van der Waals surface area contributed by atoms with Crippen LogP contribution in [-0.2, 0) is 9.47 Å². The molecule has 0 aliphatic heterocycles. The van der Waals surface area contributed by atoms with Crippen molar-refractivity contribution < 1.29 is 19.1 Å². The monoisotopic (exact) mass is 344 g/mol. The fraction of sp³-hybridized carbons (Fsp3) is 0.462. The van der Waals surface area contributed by atoms with E-state index >= 15 is 0 Å². The standard InChI is InChI=1S/C13H17BrN2O4/c1-13(2,3)20-12(18)16(4)9-7-6-8(14)10(15-9)11(17)19-5/h6-7H,1-5H3. The van der Waals surface area contributed by atoms with E-state index in [1.165, 1.54) is 19.1 Å². The van der Waals surface area contributed by atoms with Gasteiger partial charge in [-0.05, 0) is 48.8 Å². The second kappa shape index (κ2) is 6.21. The van der Waals surface area contributed by atoms with Crippen molar-refractivity contribution in [3.05, 3.63) is 22.3 Å². The third-order valence-corrected chi connectivity index (χ3v) is 2.86. The molecular formula is C13H17BrN2O4. The second-order valence-corrected chi connectivity index (χ2v) is 5.89. The third kappa shape index (κ3) is 4.19. The van der Waals surface area contributed by atoms with Crippen LogP contribution in [0.25, 0.3) is 0 Å². The highest BCUT2D eigenvalue weighted by molar-refractivity contribution is 9.10. The predicted octanol–water partition coefficient (Wildman–Crippen LogP) is 3.00. The molecule has 6 nitrogen and oxygen atoms in total. The number of carbonyl (C=O) groups is 2. The van der Waals surface area contributed by atoms with Gasteiger partial charge in [0.05, 0.1) is 11.6 Å². The number of aromatic nitrogens is 1. The molecule has 0 fully saturated rings. The minimum atomic E-state index is -0.605. The van der Waals surface area contributed by atoms with E-state index in [9.17, 15) is 9.59 Å². The Labute approximate surface area is 126 Å². The molecule has 1 amide bonds. The summed E-state index contributed by atoms with van der Waals surface area (Å²) in [6.45, 7) is 5.31. The number of carbonyl (C=O) groups excluding carboxylic acids is 2. The minimum absolute atomic E-state index is 0.0976. The van der Waals surface area contributed by atoms with E-state index in [-0.39, 0.29) is 5.69 Å². The Hall–Kier alpha value is -1.63. The van der Waals surface area contributed by atoms with Gasteiger partial charge in [-0.2, -0.15) is 0 Å². The number of pyridine rings is 1. The summed E-state index contributed by atoms with van der Waals surface area (Å²) in [7, 11) is 2.78. The summed E-state index contributed by atoms with van der Waals surface area (Å²) in [5.41, 5.74) is -0.508. The van der Waals surface area contributed by atoms with Gasteiger partial charge >= 0.3 is 12.1 Å². The summed E-state index contributed by atoms with van der Waals surface area (Å²) in [6, 6.07) is 3.22. The molecule has 0 aliphatic carbocycles. The lowest BCUT2D eigenvalue weighted by Crippen LogP contribution is -2.34. The maximum Gasteiger partial charge on any atom is 0.415 e. The molecule has 7 heteroatoms. The van der Waals surface area contributed by atoms with Gasteiger partial charge in [0.2, 0.25) is 0 Å². The maximum atomic E-state index is 11.9. The number of ether oxygens (including phenoxy) is 2. The fourth-order valence-corrected chi connectivity index (χ4v) is 1.67. The number of halogens is 1. The summed E-state index contributed by atoms with van der Waals surface area (Å²) in [6.07, 6.45) is -0.553.